The smallest absolute Gasteiger partial charge is 0.253 e. The summed E-state index contributed by atoms with van der Waals surface area (Å²) in [6.45, 7) is 0.568. The van der Waals surface area contributed by atoms with E-state index in [1.807, 2.05) is 30.3 Å². The molecule has 1 aliphatic rings. The van der Waals surface area contributed by atoms with E-state index < -0.39 is 10.0 Å². The van der Waals surface area contributed by atoms with Crippen molar-refractivity contribution >= 4 is 38.3 Å². The highest BCUT2D eigenvalue weighted by atomic mass is 32.2. The van der Waals surface area contributed by atoms with Crippen LogP contribution in [0.5, 0.6) is 0 Å². The Bertz CT molecular complexity index is 1300. The average molecular weight is 466 g/mol. The molecule has 0 unspecified atom stereocenters. The predicted octanol–water partition coefficient (Wildman–Crippen LogP) is 3.58. The van der Waals surface area contributed by atoms with E-state index in [0.717, 1.165) is 10.8 Å². The van der Waals surface area contributed by atoms with Crippen LogP contribution in [0.1, 0.15) is 23.2 Å². The molecule has 7 nitrogen and oxygen atoms in total. The molecule has 1 heterocycles. The topological polar surface area (TPSA) is 86.8 Å². The Labute approximate surface area is 194 Å². The average Bonchev–Trinajstić information content (AvgIpc) is 2.83. The minimum Gasteiger partial charge on any atom is -0.345 e. The minimum atomic E-state index is -3.63. The van der Waals surface area contributed by atoms with Crippen molar-refractivity contribution in [1.29, 1.82) is 0 Å². The number of amides is 2. The number of carbonyl (C=O) groups is 2. The van der Waals surface area contributed by atoms with E-state index in [2.05, 4.69) is 5.32 Å². The maximum atomic E-state index is 13.1. The number of hydrogen-bond acceptors (Lipinski definition) is 4. The van der Waals surface area contributed by atoms with Gasteiger partial charge in [0.2, 0.25) is 15.9 Å². The molecule has 4 rings (SSSR count). The van der Waals surface area contributed by atoms with Gasteiger partial charge in [-0.2, -0.15) is 4.31 Å². The summed E-state index contributed by atoms with van der Waals surface area (Å²) in [7, 11) is -0.277. The second-order valence-electron chi connectivity index (χ2n) is 8.46. The SMILES string of the molecule is CN(C)C(=O)c1cccc(NC(=O)C2CCN(S(=O)(=O)c3ccc4ccccc4c3)CC2)c1. The molecule has 1 saturated heterocycles. The summed E-state index contributed by atoms with van der Waals surface area (Å²) >= 11 is 0. The van der Waals surface area contributed by atoms with Crippen LogP contribution in [0, 0.1) is 5.92 Å². The van der Waals surface area contributed by atoms with Crippen LogP contribution in [0.3, 0.4) is 0 Å². The molecular formula is C25H27N3O4S. The molecule has 33 heavy (non-hydrogen) atoms. The largest absolute Gasteiger partial charge is 0.345 e. The summed E-state index contributed by atoms with van der Waals surface area (Å²) in [5.41, 5.74) is 1.05. The Kier molecular flexibility index (Phi) is 6.49. The van der Waals surface area contributed by atoms with Gasteiger partial charge in [0.05, 0.1) is 4.90 Å². The second-order valence-corrected chi connectivity index (χ2v) is 10.4. The molecular weight excluding hydrogens is 438 g/mol. The second kappa shape index (κ2) is 9.33. The fourth-order valence-corrected chi connectivity index (χ4v) is 5.57. The molecule has 3 aromatic rings. The Hall–Kier alpha value is -3.23. The first-order valence-electron chi connectivity index (χ1n) is 10.9. The van der Waals surface area contributed by atoms with Crippen LogP contribution in [0.15, 0.2) is 71.6 Å². The van der Waals surface area contributed by atoms with Crippen molar-refractivity contribution in [3.8, 4) is 0 Å². The van der Waals surface area contributed by atoms with E-state index in [-0.39, 0.29) is 35.7 Å². The molecule has 1 N–H and O–H groups in total. The number of carbonyl (C=O) groups excluding carboxylic acids is 2. The van der Waals surface area contributed by atoms with E-state index in [9.17, 15) is 18.0 Å². The third-order valence-corrected chi connectivity index (χ3v) is 7.86. The highest BCUT2D eigenvalue weighted by molar-refractivity contribution is 7.89. The summed E-state index contributed by atoms with van der Waals surface area (Å²) in [6.07, 6.45) is 0.879. The van der Waals surface area contributed by atoms with Crippen LogP contribution in [0.4, 0.5) is 5.69 Å². The van der Waals surface area contributed by atoms with Gasteiger partial charge in [-0.25, -0.2) is 8.42 Å². The van der Waals surface area contributed by atoms with Crippen LogP contribution >= 0.6 is 0 Å². The molecule has 3 aromatic carbocycles. The Morgan fingerprint density at radius 3 is 2.30 bits per heavy atom. The van der Waals surface area contributed by atoms with Gasteiger partial charge in [-0.05, 0) is 53.9 Å². The molecule has 0 aliphatic carbocycles. The Morgan fingerprint density at radius 1 is 0.909 bits per heavy atom. The lowest BCUT2D eigenvalue weighted by molar-refractivity contribution is -0.120. The Morgan fingerprint density at radius 2 is 1.61 bits per heavy atom. The normalized spacial score (nSPS) is 15.3. The number of piperidine rings is 1. The number of nitrogens with zero attached hydrogens (tertiary/aromatic N) is 2. The lowest BCUT2D eigenvalue weighted by Crippen LogP contribution is -2.41. The maximum Gasteiger partial charge on any atom is 0.253 e. The zero-order valence-corrected chi connectivity index (χ0v) is 19.5. The van der Waals surface area contributed by atoms with Crippen LogP contribution in [-0.2, 0) is 14.8 Å². The fourth-order valence-electron chi connectivity index (χ4n) is 4.07. The van der Waals surface area contributed by atoms with Crippen LogP contribution in [-0.4, -0.2) is 56.6 Å². The summed E-state index contributed by atoms with van der Waals surface area (Å²) in [4.78, 5) is 26.7. The molecule has 0 saturated carbocycles. The molecule has 172 valence electrons. The van der Waals surface area contributed by atoms with Crippen molar-refractivity contribution in [2.24, 2.45) is 5.92 Å². The number of fused-ring (bicyclic) bond motifs is 1. The molecule has 0 spiro atoms. The van der Waals surface area contributed by atoms with Crippen molar-refractivity contribution < 1.29 is 18.0 Å². The first-order valence-corrected chi connectivity index (χ1v) is 12.3. The Balaban J connectivity index is 1.40. The monoisotopic (exact) mass is 465 g/mol. The van der Waals surface area contributed by atoms with E-state index in [1.165, 1.54) is 9.21 Å². The van der Waals surface area contributed by atoms with Gasteiger partial charge in [-0.1, -0.05) is 36.4 Å². The highest BCUT2D eigenvalue weighted by Gasteiger charge is 2.32. The van der Waals surface area contributed by atoms with Gasteiger partial charge in [0.1, 0.15) is 0 Å². The van der Waals surface area contributed by atoms with Crippen LogP contribution < -0.4 is 5.32 Å². The van der Waals surface area contributed by atoms with Crippen molar-refractivity contribution in [1.82, 2.24) is 9.21 Å². The number of hydrogen-bond donors (Lipinski definition) is 1. The van der Waals surface area contributed by atoms with Crippen molar-refractivity contribution in [2.45, 2.75) is 17.7 Å². The van der Waals surface area contributed by atoms with Gasteiger partial charge in [0, 0.05) is 44.4 Å². The summed E-state index contributed by atoms with van der Waals surface area (Å²) in [5, 5.41) is 4.74. The molecule has 0 aromatic heterocycles. The maximum absolute atomic E-state index is 13.1. The predicted molar refractivity (Wildman–Crippen MR) is 129 cm³/mol. The van der Waals surface area contributed by atoms with Gasteiger partial charge >= 0.3 is 0 Å². The highest BCUT2D eigenvalue weighted by Crippen LogP contribution is 2.27. The molecule has 8 heteroatoms. The molecule has 1 aliphatic heterocycles. The number of benzene rings is 3. The fraction of sp³-hybridized carbons (Fsp3) is 0.280. The molecule has 0 bridgehead atoms. The standard InChI is InChI=1S/C25H27N3O4S/c1-27(2)25(30)21-8-5-9-22(16-21)26-24(29)19-12-14-28(15-13-19)33(31,32)23-11-10-18-6-3-4-7-20(18)17-23/h3-11,16-17,19H,12-15H2,1-2H3,(H,26,29). The molecule has 1 fully saturated rings. The molecule has 2 amide bonds. The molecule has 0 radical (unpaired) electrons. The first-order chi connectivity index (χ1) is 15.8. The first kappa shape index (κ1) is 22.9. The zero-order valence-electron chi connectivity index (χ0n) is 18.7. The van der Waals surface area contributed by atoms with Crippen molar-refractivity contribution in [3.63, 3.8) is 0 Å². The lowest BCUT2D eigenvalue weighted by Gasteiger charge is -2.30. The minimum absolute atomic E-state index is 0.140. The number of anilines is 1. The van der Waals surface area contributed by atoms with Gasteiger partial charge < -0.3 is 10.2 Å². The van der Waals surface area contributed by atoms with E-state index in [0.29, 0.717) is 24.1 Å². The summed E-state index contributed by atoms with van der Waals surface area (Å²) in [5.74, 6) is -0.591. The summed E-state index contributed by atoms with van der Waals surface area (Å²) in [6, 6.07) is 19.6. The lowest BCUT2D eigenvalue weighted by atomic mass is 9.97. The third kappa shape index (κ3) is 4.91. The molecule has 0 atom stereocenters. The number of sulfonamides is 1. The third-order valence-electron chi connectivity index (χ3n) is 5.97. The van der Waals surface area contributed by atoms with Gasteiger partial charge in [-0.15, -0.1) is 0 Å². The van der Waals surface area contributed by atoms with Crippen LogP contribution in [0.2, 0.25) is 0 Å². The zero-order chi connectivity index (χ0) is 23.6. The van der Waals surface area contributed by atoms with Gasteiger partial charge in [0.25, 0.3) is 5.91 Å². The van der Waals surface area contributed by atoms with E-state index >= 15 is 0 Å². The summed E-state index contributed by atoms with van der Waals surface area (Å²) < 4.78 is 27.7. The van der Waals surface area contributed by atoms with Gasteiger partial charge in [-0.3, -0.25) is 9.59 Å². The van der Waals surface area contributed by atoms with E-state index in [4.69, 9.17) is 0 Å². The van der Waals surface area contributed by atoms with Crippen LogP contribution in [0.25, 0.3) is 10.8 Å². The van der Waals surface area contributed by atoms with Crippen molar-refractivity contribution in [2.75, 3.05) is 32.5 Å². The van der Waals surface area contributed by atoms with E-state index in [1.54, 1.807) is 50.5 Å². The quantitative estimate of drug-likeness (QED) is 0.624. The number of rotatable bonds is 5. The van der Waals surface area contributed by atoms with Gasteiger partial charge in [0.15, 0.2) is 0 Å². The van der Waals surface area contributed by atoms with Crippen molar-refractivity contribution in [3.05, 3.63) is 72.3 Å². The number of nitrogens with one attached hydrogen (secondary N) is 1.